The Labute approximate surface area is 113 Å². The first-order chi connectivity index (χ1) is 6.80. The second kappa shape index (κ2) is 13.8. The van der Waals surface area contributed by atoms with E-state index in [1.54, 1.807) is 0 Å². The van der Waals surface area contributed by atoms with E-state index in [-0.39, 0.29) is 15.8 Å². The van der Waals surface area contributed by atoms with Gasteiger partial charge in [0.2, 0.25) is 0 Å². The van der Waals surface area contributed by atoms with Gasteiger partial charge in [-0.05, 0) is 19.3 Å². The number of nitrogens with zero attached hydrogens (tertiary/aromatic N) is 1. The van der Waals surface area contributed by atoms with Crippen LogP contribution >= 0.6 is 0 Å². The van der Waals surface area contributed by atoms with Gasteiger partial charge in [-0.15, -0.1) is 0 Å². The third kappa shape index (κ3) is 25.8. The molecule has 0 saturated heterocycles. The first-order valence-electron chi connectivity index (χ1n) is 6.20. The van der Waals surface area contributed by atoms with Crippen LogP contribution in [-0.4, -0.2) is 32.4 Å². The maximum absolute atomic E-state index is 2.42. The van der Waals surface area contributed by atoms with Crippen molar-refractivity contribution in [2.45, 2.75) is 68.9 Å². The quantitative estimate of drug-likeness (QED) is 0.478. The SMILES string of the molecule is C.CC.CC(C)(C)C.CC(C)N1CC=CC1.[B]. The highest BCUT2D eigenvalue weighted by Crippen LogP contribution is 2.08. The highest BCUT2D eigenvalue weighted by molar-refractivity contribution is 5.75. The van der Waals surface area contributed by atoms with Gasteiger partial charge < -0.3 is 0 Å². The summed E-state index contributed by atoms with van der Waals surface area (Å²) in [5.74, 6) is 0. The van der Waals surface area contributed by atoms with Gasteiger partial charge >= 0.3 is 0 Å². The molecule has 0 aromatic heterocycles. The minimum atomic E-state index is 0. The molecule has 0 saturated carbocycles. The summed E-state index contributed by atoms with van der Waals surface area (Å²) in [6.45, 7) is 19.5. The van der Waals surface area contributed by atoms with Crippen molar-refractivity contribution in [3.63, 3.8) is 0 Å². The molecule has 1 heterocycles. The third-order valence-electron chi connectivity index (χ3n) is 1.58. The summed E-state index contributed by atoms with van der Waals surface area (Å²) in [5.41, 5.74) is 0.500. The molecule has 103 valence electrons. The Bertz CT molecular complexity index is 143. The smallest absolute Gasteiger partial charge is 0.0169 e. The first kappa shape index (κ1) is 25.6. The van der Waals surface area contributed by atoms with E-state index in [1.165, 1.54) is 0 Å². The van der Waals surface area contributed by atoms with E-state index < -0.39 is 0 Å². The molecule has 0 aromatic rings. The van der Waals surface area contributed by atoms with E-state index >= 15 is 0 Å². The Kier molecular flexibility index (Phi) is 20.8. The highest BCUT2D eigenvalue weighted by atomic mass is 15.1. The lowest BCUT2D eigenvalue weighted by atomic mass is 10.0. The van der Waals surface area contributed by atoms with Crippen LogP contribution in [0.2, 0.25) is 0 Å². The van der Waals surface area contributed by atoms with E-state index in [9.17, 15) is 0 Å². The largest absolute Gasteiger partial charge is 0.294 e. The van der Waals surface area contributed by atoms with Crippen LogP contribution in [0.1, 0.15) is 62.8 Å². The third-order valence-corrected chi connectivity index (χ3v) is 1.58. The predicted octanol–water partition coefficient (Wildman–Crippen LogP) is 4.60. The topological polar surface area (TPSA) is 3.24 Å². The molecule has 3 radical (unpaired) electrons. The van der Waals surface area contributed by atoms with Crippen molar-refractivity contribution in [3.05, 3.63) is 12.2 Å². The van der Waals surface area contributed by atoms with Crippen molar-refractivity contribution in [2.24, 2.45) is 5.41 Å². The van der Waals surface area contributed by atoms with Gasteiger partial charge in [-0.1, -0.05) is 61.1 Å². The summed E-state index contributed by atoms with van der Waals surface area (Å²) in [5, 5.41) is 0. The van der Waals surface area contributed by atoms with Crippen molar-refractivity contribution in [2.75, 3.05) is 13.1 Å². The second-order valence-corrected chi connectivity index (χ2v) is 5.52. The zero-order valence-electron chi connectivity index (χ0n) is 12.7. The van der Waals surface area contributed by atoms with Gasteiger partial charge in [-0.2, -0.15) is 0 Å². The standard InChI is InChI=1S/C7H13N.C5H12.C2H6.CH4.B/c1-7(2)8-5-3-4-6-8;1-5(2,3)4;1-2;;/h3-4,7H,5-6H2,1-2H3;1-4H3;1-2H3;1H4;. The monoisotopic (exact) mass is 240 g/mol. The van der Waals surface area contributed by atoms with E-state index in [0.29, 0.717) is 11.5 Å². The van der Waals surface area contributed by atoms with Gasteiger partial charge in [-0.25, -0.2) is 0 Å². The van der Waals surface area contributed by atoms with Crippen molar-refractivity contribution in [3.8, 4) is 0 Å². The molecule has 1 rings (SSSR count). The Morgan fingerprint density at radius 2 is 1.18 bits per heavy atom. The maximum Gasteiger partial charge on any atom is 0.0169 e. The molecule has 0 N–H and O–H groups in total. The highest BCUT2D eigenvalue weighted by Gasteiger charge is 2.07. The Balaban J connectivity index is -0.0000000838. The predicted molar refractivity (Wildman–Crippen MR) is 84.8 cm³/mol. The molecule has 0 unspecified atom stereocenters. The van der Waals surface area contributed by atoms with Crippen LogP contribution in [0.15, 0.2) is 12.2 Å². The molecule has 1 aliphatic rings. The molecule has 0 amide bonds. The van der Waals surface area contributed by atoms with Crippen LogP contribution in [0, 0.1) is 5.41 Å². The maximum atomic E-state index is 2.42. The molecular formula is C15H35BN. The fourth-order valence-corrected chi connectivity index (χ4v) is 0.916. The summed E-state index contributed by atoms with van der Waals surface area (Å²) < 4.78 is 0. The van der Waals surface area contributed by atoms with Crippen LogP contribution in [0.25, 0.3) is 0 Å². The molecule has 1 aliphatic heterocycles. The molecule has 0 atom stereocenters. The Morgan fingerprint density at radius 1 is 0.941 bits per heavy atom. The number of hydrogen-bond donors (Lipinski definition) is 0. The summed E-state index contributed by atoms with van der Waals surface area (Å²) in [6, 6.07) is 0.713. The van der Waals surface area contributed by atoms with Crippen LogP contribution in [-0.2, 0) is 0 Å². The fourth-order valence-electron chi connectivity index (χ4n) is 0.916. The lowest BCUT2D eigenvalue weighted by Gasteiger charge is -2.18. The molecule has 17 heavy (non-hydrogen) atoms. The Morgan fingerprint density at radius 3 is 1.29 bits per heavy atom. The zero-order valence-corrected chi connectivity index (χ0v) is 12.7. The summed E-state index contributed by atoms with van der Waals surface area (Å²) >= 11 is 0. The van der Waals surface area contributed by atoms with Gasteiger partial charge in [-0.3, -0.25) is 4.90 Å². The minimum Gasteiger partial charge on any atom is -0.294 e. The summed E-state index contributed by atoms with van der Waals surface area (Å²) in [7, 11) is 0. The number of rotatable bonds is 1. The lowest BCUT2D eigenvalue weighted by Crippen LogP contribution is -2.27. The fraction of sp³-hybridized carbons (Fsp3) is 0.867. The molecule has 1 nitrogen and oxygen atoms in total. The zero-order chi connectivity index (χ0) is 12.5. The summed E-state index contributed by atoms with van der Waals surface area (Å²) in [6.07, 6.45) is 4.44. The second-order valence-electron chi connectivity index (χ2n) is 5.52. The molecule has 0 spiro atoms. The normalized spacial score (nSPS) is 13.7. The van der Waals surface area contributed by atoms with E-state index in [1.807, 2.05) is 13.8 Å². The van der Waals surface area contributed by atoms with Crippen LogP contribution in [0.5, 0.6) is 0 Å². The van der Waals surface area contributed by atoms with Gasteiger partial charge in [0.05, 0.1) is 0 Å². The van der Waals surface area contributed by atoms with Crippen LogP contribution < -0.4 is 0 Å². The van der Waals surface area contributed by atoms with Gasteiger partial charge in [0, 0.05) is 27.5 Å². The van der Waals surface area contributed by atoms with E-state index in [4.69, 9.17) is 0 Å². The Hall–Kier alpha value is -0.235. The van der Waals surface area contributed by atoms with E-state index in [0.717, 1.165) is 13.1 Å². The van der Waals surface area contributed by atoms with Gasteiger partial charge in [0.15, 0.2) is 0 Å². The van der Waals surface area contributed by atoms with Crippen molar-refractivity contribution in [1.82, 2.24) is 4.90 Å². The molecule has 0 aliphatic carbocycles. The molecular weight excluding hydrogens is 205 g/mol. The van der Waals surface area contributed by atoms with Crippen LogP contribution in [0.3, 0.4) is 0 Å². The number of hydrogen-bond acceptors (Lipinski definition) is 1. The van der Waals surface area contributed by atoms with Gasteiger partial charge in [0.25, 0.3) is 0 Å². The summed E-state index contributed by atoms with van der Waals surface area (Å²) in [4.78, 5) is 2.42. The first-order valence-corrected chi connectivity index (χ1v) is 6.20. The van der Waals surface area contributed by atoms with Gasteiger partial charge in [0.1, 0.15) is 0 Å². The molecule has 0 bridgehead atoms. The molecule has 0 aromatic carbocycles. The minimum absolute atomic E-state index is 0. The average Bonchev–Trinajstić information content (AvgIpc) is 2.56. The molecule has 2 heteroatoms. The van der Waals surface area contributed by atoms with Crippen molar-refractivity contribution in [1.29, 1.82) is 0 Å². The molecule has 0 fully saturated rings. The average molecular weight is 240 g/mol. The van der Waals surface area contributed by atoms with Crippen molar-refractivity contribution >= 4 is 8.41 Å². The van der Waals surface area contributed by atoms with Crippen molar-refractivity contribution < 1.29 is 0 Å². The van der Waals surface area contributed by atoms with E-state index in [2.05, 4.69) is 58.6 Å². The van der Waals surface area contributed by atoms with Crippen LogP contribution in [0.4, 0.5) is 0 Å². The lowest BCUT2D eigenvalue weighted by molar-refractivity contribution is 0.288.